The van der Waals surface area contributed by atoms with Crippen LogP contribution in [0.25, 0.3) is 5.57 Å². The molecule has 0 radical (unpaired) electrons. The van der Waals surface area contributed by atoms with Crippen molar-refractivity contribution in [1.29, 1.82) is 0 Å². The minimum Gasteiger partial charge on any atom is -0.377 e. The predicted octanol–water partition coefficient (Wildman–Crippen LogP) is 3.88. The van der Waals surface area contributed by atoms with Crippen LogP contribution in [0.1, 0.15) is 25.3 Å². The van der Waals surface area contributed by atoms with Crippen LogP contribution in [-0.2, 0) is 0 Å². The summed E-state index contributed by atoms with van der Waals surface area (Å²) in [6.07, 6.45) is 7.02. The molecule has 1 aromatic carbocycles. The van der Waals surface area contributed by atoms with Gasteiger partial charge < -0.3 is 4.90 Å². The molecule has 1 aliphatic carbocycles. The molecule has 1 aromatic rings. The van der Waals surface area contributed by atoms with E-state index in [0.29, 0.717) is 0 Å². The van der Waals surface area contributed by atoms with Crippen molar-refractivity contribution in [2.75, 3.05) is 19.0 Å². The van der Waals surface area contributed by atoms with Gasteiger partial charge in [0.2, 0.25) is 0 Å². The number of benzene rings is 1. The van der Waals surface area contributed by atoms with Crippen LogP contribution in [0.4, 0.5) is 5.69 Å². The van der Waals surface area contributed by atoms with Crippen LogP contribution in [0.15, 0.2) is 42.0 Å². The van der Waals surface area contributed by atoms with Crippen LogP contribution in [0, 0.1) is 0 Å². The average molecular weight is 213 g/mol. The predicted molar refractivity (Wildman–Crippen MR) is 71.7 cm³/mol. The first-order chi connectivity index (χ1) is 7.68. The Morgan fingerprint density at radius 2 is 1.88 bits per heavy atom. The maximum atomic E-state index is 2.34. The summed E-state index contributed by atoms with van der Waals surface area (Å²) < 4.78 is 0. The Morgan fingerprint density at radius 1 is 1.12 bits per heavy atom. The average Bonchev–Trinajstić information content (AvgIpc) is 2.29. The van der Waals surface area contributed by atoms with Crippen molar-refractivity contribution < 1.29 is 0 Å². The van der Waals surface area contributed by atoms with Gasteiger partial charge >= 0.3 is 0 Å². The number of nitrogens with zero attached hydrogens (tertiary/aromatic N) is 1. The molecule has 16 heavy (non-hydrogen) atoms. The fourth-order valence-electron chi connectivity index (χ4n) is 2.15. The van der Waals surface area contributed by atoms with Gasteiger partial charge in [-0.25, -0.2) is 0 Å². The van der Waals surface area contributed by atoms with E-state index in [-0.39, 0.29) is 0 Å². The molecule has 84 valence electrons. The van der Waals surface area contributed by atoms with Gasteiger partial charge in [0.05, 0.1) is 0 Å². The normalized spacial score (nSPS) is 15.4. The quantitative estimate of drug-likeness (QED) is 0.720. The van der Waals surface area contributed by atoms with E-state index >= 15 is 0 Å². The second-order valence-electron chi connectivity index (χ2n) is 4.60. The summed E-state index contributed by atoms with van der Waals surface area (Å²) in [7, 11) is 4.19. The topological polar surface area (TPSA) is 3.24 Å². The molecule has 0 saturated carbocycles. The smallest absolute Gasteiger partial charge is 0.0440 e. The second-order valence-corrected chi connectivity index (χ2v) is 4.60. The van der Waals surface area contributed by atoms with Crippen LogP contribution in [0.3, 0.4) is 0 Å². The Hall–Kier alpha value is -1.50. The van der Waals surface area contributed by atoms with Crippen molar-refractivity contribution in [3.05, 3.63) is 47.6 Å². The molecule has 1 nitrogen and oxygen atoms in total. The van der Waals surface area contributed by atoms with Gasteiger partial charge in [-0.3, -0.25) is 0 Å². The molecule has 0 amide bonds. The van der Waals surface area contributed by atoms with Gasteiger partial charge in [0.1, 0.15) is 0 Å². The van der Waals surface area contributed by atoms with E-state index in [1.807, 2.05) is 0 Å². The summed E-state index contributed by atoms with van der Waals surface area (Å²) in [5, 5.41) is 0. The first kappa shape index (κ1) is 11.0. The SMILES string of the molecule is CC1=CC(c2ccccc2N(C)C)=CCC1. The molecule has 0 saturated heterocycles. The molecule has 0 bridgehead atoms. The first-order valence-electron chi connectivity index (χ1n) is 5.82. The summed E-state index contributed by atoms with van der Waals surface area (Å²) in [5.74, 6) is 0. The summed E-state index contributed by atoms with van der Waals surface area (Å²) in [6.45, 7) is 2.21. The van der Waals surface area contributed by atoms with Crippen molar-refractivity contribution in [3.8, 4) is 0 Å². The monoisotopic (exact) mass is 213 g/mol. The zero-order valence-electron chi connectivity index (χ0n) is 10.3. The lowest BCUT2D eigenvalue weighted by Crippen LogP contribution is -2.11. The highest BCUT2D eigenvalue weighted by Crippen LogP contribution is 2.31. The first-order valence-corrected chi connectivity index (χ1v) is 5.82. The molecule has 0 unspecified atom stereocenters. The Balaban J connectivity index is 2.44. The maximum Gasteiger partial charge on any atom is 0.0440 e. The number of hydrogen-bond acceptors (Lipinski definition) is 1. The van der Waals surface area contributed by atoms with Crippen molar-refractivity contribution >= 4 is 11.3 Å². The maximum absolute atomic E-state index is 2.34. The highest BCUT2D eigenvalue weighted by atomic mass is 15.1. The van der Waals surface area contributed by atoms with Crippen LogP contribution in [0.5, 0.6) is 0 Å². The largest absolute Gasteiger partial charge is 0.377 e. The molecule has 0 N–H and O–H groups in total. The van der Waals surface area contributed by atoms with Crippen LogP contribution in [0.2, 0.25) is 0 Å². The van der Waals surface area contributed by atoms with Crippen LogP contribution in [-0.4, -0.2) is 14.1 Å². The fraction of sp³-hybridized carbons (Fsp3) is 0.333. The molecule has 1 heteroatoms. The van der Waals surface area contributed by atoms with Crippen molar-refractivity contribution in [2.45, 2.75) is 19.8 Å². The summed E-state index contributed by atoms with van der Waals surface area (Å²) in [6, 6.07) is 8.59. The molecule has 2 rings (SSSR count). The third kappa shape index (κ3) is 2.19. The van der Waals surface area contributed by atoms with Crippen molar-refractivity contribution in [3.63, 3.8) is 0 Å². The van der Waals surface area contributed by atoms with Gasteiger partial charge in [-0.2, -0.15) is 0 Å². The number of allylic oxidation sites excluding steroid dienone is 4. The molecule has 0 spiro atoms. The lowest BCUT2D eigenvalue weighted by molar-refractivity contribution is 0.965. The number of rotatable bonds is 2. The van der Waals surface area contributed by atoms with E-state index < -0.39 is 0 Å². The molecule has 0 heterocycles. The van der Waals surface area contributed by atoms with Crippen LogP contribution < -0.4 is 4.90 Å². The fourth-order valence-corrected chi connectivity index (χ4v) is 2.15. The zero-order valence-corrected chi connectivity index (χ0v) is 10.3. The van der Waals surface area contributed by atoms with Crippen LogP contribution >= 0.6 is 0 Å². The van der Waals surface area contributed by atoms with E-state index in [1.165, 1.54) is 35.2 Å². The van der Waals surface area contributed by atoms with Crippen molar-refractivity contribution in [2.24, 2.45) is 0 Å². The number of para-hydroxylation sites is 1. The number of anilines is 1. The number of hydrogen-bond donors (Lipinski definition) is 0. The minimum absolute atomic E-state index is 1.17. The summed E-state index contributed by atoms with van der Waals surface area (Å²) >= 11 is 0. The van der Waals surface area contributed by atoms with Gasteiger partial charge in [-0.1, -0.05) is 35.9 Å². The van der Waals surface area contributed by atoms with Gasteiger partial charge in [-0.15, -0.1) is 0 Å². The summed E-state index contributed by atoms with van der Waals surface area (Å²) in [4.78, 5) is 2.17. The lowest BCUT2D eigenvalue weighted by atomic mass is 9.94. The third-order valence-electron chi connectivity index (χ3n) is 3.00. The molecule has 0 atom stereocenters. The van der Waals surface area contributed by atoms with Gasteiger partial charge in [0, 0.05) is 25.3 Å². The third-order valence-corrected chi connectivity index (χ3v) is 3.00. The molecule has 1 aliphatic rings. The van der Waals surface area contributed by atoms with Gasteiger partial charge in [-0.05, 0) is 31.4 Å². The molecular weight excluding hydrogens is 194 g/mol. The Kier molecular flexibility index (Phi) is 3.14. The van der Waals surface area contributed by atoms with E-state index in [0.717, 1.165) is 0 Å². The van der Waals surface area contributed by atoms with Crippen molar-refractivity contribution in [1.82, 2.24) is 0 Å². The molecule has 0 aliphatic heterocycles. The zero-order chi connectivity index (χ0) is 11.5. The second kappa shape index (κ2) is 4.56. The molecule has 0 fully saturated rings. The molecular formula is C15H19N. The van der Waals surface area contributed by atoms with Gasteiger partial charge in [0.15, 0.2) is 0 Å². The highest BCUT2D eigenvalue weighted by Gasteiger charge is 2.09. The van der Waals surface area contributed by atoms with E-state index in [2.05, 4.69) is 62.3 Å². The van der Waals surface area contributed by atoms with E-state index in [1.54, 1.807) is 0 Å². The van der Waals surface area contributed by atoms with E-state index in [4.69, 9.17) is 0 Å². The highest BCUT2D eigenvalue weighted by molar-refractivity contribution is 5.83. The Morgan fingerprint density at radius 3 is 2.56 bits per heavy atom. The van der Waals surface area contributed by atoms with E-state index in [9.17, 15) is 0 Å². The Bertz CT molecular complexity index is 439. The Labute approximate surface area is 98.1 Å². The molecule has 0 aromatic heterocycles. The standard InChI is InChI=1S/C15H19N/c1-12-7-6-8-13(11-12)14-9-4-5-10-15(14)16(2)3/h4-5,8-11H,6-7H2,1-3H3. The lowest BCUT2D eigenvalue weighted by Gasteiger charge is -2.19. The minimum atomic E-state index is 1.17. The summed E-state index contributed by atoms with van der Waals surface area (Å²) in [5.41, 5.74) is 5.48. The van der Waals surface area contributed by atoms with Gasteiger partial charge in [0.25, 0.3) is 0 Å².